The topological polar surface area (TPSA) is 37.4 Å². The molecule has 19 heavy (non-hydrogen) atoms. The number of nitrogens with zero attached hydrogens (tertiary/aromatic N) is 1. The van der Waals surface area contributed by atoms with Gasteiger partial charge in [0.25, 0.3) is 0 Å². The van der Waals surface area contributed by atoms with Crippen molar-refractivity contribution >= 4 is 21.6 Å². The van der Waals surface area contributed by atoms with Crippen LogP contribution in [0, 0.1) is 0 Å². The predicted octanol–water partition coefficient (Wildman–Crippen LogP) is 3.41. The zero-order chi connectivity index (χ0) is 14.6. The summed E-state index contributed by atoms with van der Waals surface area (Å²) >= 11 is 5.89. The van der Waals surface area contributed by atoms with E-state index < -0.39 is 10.0 Å². The molecule has 0 aliphatic carbocycles. The molecule has 5 heteroatoms. The van der Waals surface area contributed by atoms with E-state index in [0.29, 0.717) is 10.8 Å². The molecule has 0 fully saturated rings. The third kappa shape index (κ3) is 3.50. The molecule has 1 aromatic rings. The molecule has 0 aliphatic heterocycles. The van der Waals surface area contributed by atoms with Crippen molar-refractivity contribution in [2.75, 3.05) is 7.05 Å². The lowest BCUT2D eigenvalue weighted by atomic mass is 10.1. The first kappa shape index (κ1) is 16.5. The number of hydrogen-bond donors (Lipinski definition) is 0. The molecule has 1 aromatic carbocycles. The molecule has 0 radical (unpaired) electrons. The highest BCUT2D eigenvalue weighted by atomic mass is 35.5. The van der Waals surface area contributed by atoms with Crippen molar-refractivity contribution in [2.24, 2.45) is 0 Å². The van der Waals surface area contributed by atoms with Gasteiger partial charge < -0.3 is 0 Å². The number of benzene rings is 1. The number of halogens is 1. The molecular weight excluding hydrogens is 282 g/mol. The van der Waals surface area contributed by atoms with Crippen molar-refractivity contribution in [3.8, 4) is 0 Å². The monoisotopic (exact) mass is 303 g/mol. The maximum Gasteiger partial charge on any atom is 0.243 e. The summed E-state index contributed by atoms with van der Waals surface area (Å²) in [7, 11) is -1.81. The maximum atomic E-state index is 12.5. The fourth-order valence-electron chi connectivity index (χ4n) is 1.89. The van der Waals surface area contributed by atoms with Crippen LogP contribution in [0.5, 0.6) is 0 Å². The SMILES string of the molecule is CCc1ccc(S(=O)(=O)N(C)C(C)CC)cc1CCl. The Bertz CT molecular complexity index is 528. The Hall–Kier alpha value is -0.580. The molecule has 1 rings (SSSR count). The Morgan fingerprint density at radius 3 is 2.37 bits per heavy atom. The molecule has 0 saturated heterocycles. The lowest BCUT2D eigenvalue weighted by molar-refractivity contribution is 0.380. The quantitative estimate of drug-likeness (QED) is 0.755. The van der Waals surface area contributed by atoms with Gasteiger partial charge in [-0.05, 0) is 43.0 Å². The predicted molar refractivity (Wildman–Crippen MR) is 80.1 cm³/mol. The normalized spacial score (nSPS) is 13.8. The molecule has 0 spiro atoms. The molecule has 0 amide bonds. The van der Waals surface area contributed by atoms with Gasteiger partial charge in [-0.2, -0.15) is 4.31 Å². The van der Waals surface area contributed by atoms with E-state index >= 15 is 0 Å². The average Bonchev–Trinajstić information content (AvgIpc) is 2.44. The summed E-state index contributed by atoms with van der Waals surface area (Å²) in [4.78, 5) is 0.322. The average molecular weight is 304 g/mol. The van der Waals surface area contributed by atoms with Gasteiger partial charge in [-0.15, -0.1) is 11.6 Å². The van der Waals surface area contributed by atoms with Gasteiger partial charge in [0.1, 0.15) is 0 Å². The molecule has 1 atom stereocenters. The second-order valence-corrected chi connectivity index (χ2v) is 6.96. The minimum absolute atomic E-state index is 0.0182. The van der Waals surface area contributed by atoms with Crippen LogP contribution in [-0.4, -0.2) is 25.8 Å². The number of rotatable bonds is 6. The summed E-state index contributed by atoms with van der Waals surface area (Å²) in [6, 6.07) is 5.20. The lowest BCUT2D eigenvalue weighted by Gasteiger charge is -2.23. The van der Waals surface area contributed by atoms with Crippen molar-refractivity contribution in [3.63, 3.8) is 0 Å². The summed E-state index contributed by atoms with van der Waals surface area (Å²) in [5.41, 5.74) is 1.99. The first-order valence-electron chi connectivity index (χ1n) is 6.54. The van der Waals surface area contributed by atoms with Gasteiger partial charge in [0, 0.05) is 19.0 Å². The minimum atomic E-state index is -3.43. The van der Waals surface area contributed by atoms with E-state index in [0.717, 1.165) is 24.0 Å². The highest BCUT2D eigenvalue weighted by molar-refractivity contribution is 7.89. The molecule has 1 unspecified atom stereocenters. The number of sulfonamides is 1. The summed E-state index contributed by atoms with van der Waals surface area (Å²) in [6.45, 7) is 5.91. The zero-order valence-corrected chi connectivity index (χ0v) is 13.6. The van der Waals surface area contributed by atoms with E-state index in [-0.39, 0.29) is 6.04 Å². The van der Waals surface area contributed by atoms with Gasteiger partial charge in [-0.25, -0.2) is 8.42 Å². The van der Waals surface area contributed by atoms with Gasteiger partial charge in [0.15, 0.2) is 0 Å². The van der Waals surface area contributed by atoms with E-state index in [1.54, 1.807) is 19.2 Å². The van der Waals surface area contributed by atoms with Crippen molar-refractivity contribution in [3.05, 3.63) is 29.3 Å². The molecule has 0 saturated carbocycles. The summed E-state index contributed by atoms with van der Waals surface area (Å²) in [6.07, 6.45) is 1.63. The van der Waals surface area contributed by atoms with Crippen molar-refractivity contribution in [2.45, 2.75) is 50.4 Å². The van der Waals surface area contributed by atoms with Crippen LogP contribution in [0.3, 0.4) is 0 Å². The minimum Gasteiger partial charge on any atom is -0.207 e. The molecule has 3 nitrogen and oxygen atoms in total. The van der Waals surface area contributed by atoms with Crippen LogP contribution < -0.4 is 0 Å². The maximum absolute atomic E-state index is 12.5. The third-order valence-corrected chi connectivity index (χ3v) is 5.85. The Labute approximate surface area is 121 Å². The smallest absolute Gasteiger partial charge is 0.207 e. The van der Waals surface area contributed by atoms with E-state index in [1.165, 1.54) is 4.31 Å². The van der Waals surface area contributed by atoms with Crippen molar-refractivity contribution < 1.29 is 8.42 Å². The van der Waals surface area contributed by atoms with Crippen molar-refractivity contribution in [1.29, 1.82) is 0 Å². The molecular formula is C14H22ClNO2S. The molecule has 0 N–H and O–H groups in total. The van der Waals surface area contributed by atoms with Gasteiger partial charge in [0.2, 0.25) is 10.0 Å². The second-order valence-electron chi connectivity index (χ2n) is 4.70. The van der Waals surface area contributed by atoms with E-state index in [1.807, 2.05) is 26.8 Å². The highest BCUT2D eigenvalue weighted by Crippen LogP contribution is 2.22. The first-order chi connectivity index (χ1) is 8.88. The van der Waals surface area contributed by atoms with Crippen LogP contribution in [0.2, 0.25) is 0 Å². The largest absolute Gasteiger partial charge is 0.243 e. The summed E-state index contributed by atoms with van der Waals surface area (Å²) < 4.78 is 26.4. The van der Waals surface area contributed by atoms with Crippen LogP contribution in [0.25, 0.3) is 0 Å². The molecule has 0 aromatic heterocycles. The Balaban J connectivity index is 3.22. The van der Waals surface area contributed by atoms with Crippen LogP contribution in [0.1, 0.15) is 38.3 Å². The van der Waals surface area contributed by atoms with Crippen LogP contribution in [0.15, 0.2) is 23.1 Å². The number of alkyl halides is 1. The van der Waals surface area contributed by atoms with Crippen LogP contribution in [0.4, 0.5) is 0 Å². The Morgan fingerprint density at radius 1 is 1.26 bits per heavy atom. The summed E-state index contributed by atoms with van der Waals surface area (Å²) in [5, 5.41) is 0. The lowest BCUT2D eigenvalue weighted by Crippen LogP contribution is -2.34. The van der Waals surface area contributed by atoms with E-state index in [9.17, 15) is 8.42 Å². The van der Waals surface area contributed by atoms with Crippen LogP contribution >= 0.6 is 11.6 Å². The van der Waals surface area contributed by atoms with Gasteiger partial charge >= 0.3 is 0 Å². The first-order valence-corrected chi connectivity index (χ1v) is 8.51. The number of hydrogen-bond acceptors (Lipinski definition) is 2. The van der Waals surface area contributed by atoms with E-state index in [2.05, 4.69) is 0 Å². The van der Waals surface area contributed by atoms with Gasteiger partial charge in [-0.3, -0.25) is 0 Å². The fraction of sp³-hybridized carbons (Fsp3) is 0.571. The standard InChI is InChI=1S/C14H22ClNO2S/c1-5-11(3)16(4)19(17,18)14-8-7-12(6-2)13(9-14)10-15/h7-9,11H,5-6,10H2,1-4H3. The van der Waals surface area contributed by atoms with E-state index in [4.69, 9.17) is 11.6 Å². The molecule has 0 aliphatic rings. The Morgan fingerprint density at radius 2 is 1.89 bits per heavy atom. The highest BCUT2D eigenvalue weighted by Gasteiger charge is 2.24. The molecule has 0 heterocycles. The zero-order valence-electron chi connectivity index (χ0n) is 12.0. The van der Waals surface area contributed by atoms with Gasteiger partial charge in [-0.1, -0.05) is 19.9 Å². The van der Waals surface area contributed by atoms with Crippen LogP contribution in [-0.2, 0) is 22.3 Å². The second kappa shape index (κ2) is 6.73. The molecule has 108 valence electrons. The third-order valence-electron chi connectivity index (χ3n) is 3.59. The summed E-state index contributed by atoms with van der Waals surface area (Å²) in [5.74, 6) is 0.333. The fourth-order valence-corrected chi connectivity index (χ4v) is 3.63. The Kier molecular flexibility index (Phi) is 5.83. The van der Waals surface area contributed by atoms with Gasteiger partial charge in [0.05, 0.1) is 4.90 Å². The van der Waals surface area contributed by atoms with Crippen molar-refractivity contribution in [1.82, 2.24) is 4.31 Å². The number of aryl methyl sites for hydroxylation is 1. The molecule has 0 bridgehead atoms.